The van der Waals surface area contributed by atoms with Gasteiger partial charge in [0.05, 0.1) is 0 Å². The molecule has 0 radical (unpaired) electrons. The number of rotatable bonds is 4. The quantitative estimate of drug-likeness (QED) is 0.837. The van der Waals surface area contributed by atoms with Gasteiger partial charge in [0.25, 0.3) is 0 Å². The molecule has 0 aliphatic rings. The molecule has 0 aliphatic heterocycles. The predicted molar refractivity (Wildman–Crippen MR) is 54.7 cm³/mol. The Morgan fingerprint density at radius 3 is 2.12 bits per heavy atom. The molecule has 5 heteroatoms. The number of hydrogen-bond donors (Lipinski definition) is 2. The average molecular weight is 233 g/mol. The van der Waals surface area contributed by atoms with Crippen LogP contribution in [0, 0.1) is 0 Å². The van der Waals surface area contributed by atoms with Crippen LogP contribution in [0.5, 0.6) is 0 Å². The Hall–Kier alpha value is -1.07. The minimum Gasteiger partial charge on any atom is -0.396 e. The third kappa shape index (κ3) is 2.54. The smallest absolute Gasteiger partial charge is 0.396 e. The molecule has 0 spiro atoms. The lowest BCUT2D eigenvalue weighted by Crippen LogP contribution is -2.50. The maximum absolute atomic E-state index is 12.9. The van der Waals surface area contributed by atoms with Gasteiger partial charge in [-0.2, -0.15) is 13.2 Å². The van der Waals surface area contributed by atoms with Crippen LogP contribution in [-0.2, 0) is 5.54 Å². The highest BCUT2D eigenvalue weighted by atomic mass is 19.4. The topological polar surface area (TPSA) is 46.2 Å². The molecular formula is C11H14F3NO. The summed E-state index contributed by atoms with van der Waals surface area (Å²) in [6.07, 6.45) is -4.83. The van der Waals surface area contributed by atoms with E-state index in [0.29, 0.717) is 0 Å². The van der Waals surface area contributed by atoms with E-state index in [2.05, 4.69) is 0 Å². The number of benzene rings is 1. The molecule has 0 aromatic heterocycles. The van der Waals surface area contributed by atoms with Crippen LogP contribution in [0.3, 0.4) is 0 Å². The zero-order valence-corrected chi connectivity index (χ0v) is 8.67. The average Bonchev–Trinajstić information content (AvgIpc) is 2.25. The first-order valence-corrected chi connectivity index (χ1v) is 4.94. The van der Waals surface area contributed by atoms with Crippen LogP contribution in [0.25, 0.3) is 0 Å². The lowest BCUT2D eigenvalue weighted by Gasteiger charge is -2.32. The van der Waals surface area contributed by atoms with Crippen molar-refractivity contribution >= 4 is 0 Å². The van der Waals surface area contributed by atoms with Gasteiger partial charge in [-0.1, -0.05) is 30.3 Å². The van der Waals surface area contributed by atoms with E-state index < -0.39 is 11.7 Å². The lowest BCUT2D eigenvalue weighted by molar-refractivity contribution is -0.192. The minimum absolute atomic E-state index is 0.0188. The molecule has 1 aromatic rings. The summed E-state index contributed by atoms with van der Waals surface area (Å²) < 4.78 is 38.7. The number of halogens is 3. The first-order valence-electron chi connectivity index (χ1n) is 4.94. The number of nitrogens with two attached hydrogens (primary N) is 1. The standard InChI is InChI=1S/C11H14F3NO/c12-11(13,14)10(15,7-4-8-16)9-5-2-1-3-6-9/h1-3,5-6,16H,4,7-8,15H2. The second-order valence-electron chi connectivity index (χ2n) is 3.66. The fourth-order valence-corrected chi connectivity index (χ4v) is 1.54. The summed E-state index contributed by atoms with van der Waals surface area (Å²) in [5.41, 5.74) is 3.09. The molecule has 3 N–H and O–H groups in total. The Balaban J connectivity index is 3.05. The molecule has 0 bridgehead atoms. The number of aliphatic hydroxyl groups is 1. The minimum atomic E-state index is -4.52. The van der Waals surface area contributed by atoms with Crippen molar-refractivity contribution in [1.29, 1.82) is 0 Å². The fraction of sp³-hybridized carbons (Fsp3) is 0.455. The van der Waals surface area contributed by atoms with Crippen molar-refractivity contribution < 1.29 is 18.3 Å². The van der Waals surface area contributed by atoms with Crippen LogP contribution in [-0.4, -0.2) is 17.9 Å². The van der Waals surface area contributed by atoms with Crippen molar-refractivity contribution in [2.45, 2.75) is 24.6 Å². The van der Waals surface area contributed by atoms with Gasteiger partial charge in [-0.25, -0.2) is 0 Å². The van der Waals surface area contributed by atoms with E-state index in [1.54, 1.807) is 6.07 Å². The summed E-state index contributed by atoms with van der Waals surface area (Å²) >= 11 is 0. The van der Waals surface area contributed by atoms with E-state index in [-0.39, 0.29) is 25.0 Å². The number of aliphatic hydroxyl groups excluding tert-OH is 1. The molecule has 1 atom stereocenters. The number of hydrogen-bond acceptors (Lipinski definition) is 2. The monoisotopic (exact) mass is 233 g/mol. The maximum Gasteiger partial charge on any atom is 0.410 e. The molecule has 0 aliphatic carbocycles. The summed E-state index contributed by atoms with van der Waals surface area (Å²) in [6, 6.07) is 7.37. The van der Waals surface area contributed by atoms with Crippen LogP contribution in [0.1, 0.15) is 18.4 Å². The van der Waals surface area contributed by atoms with Crippen molar-refractivity contribution in [2.75, 3.05) is 6.61 Å². The van der Waals surface area contributed by atoms with E-state index in [0.717, 1.165) is 0 Å². The van der Waals surface area contributed by atoms with Gasteiger partial charge in [0, 0.05) is 6.61 Å². The Bertz CT molecular complexity index is 326. The summed E-state index contributed by atoms with van der Waals surface area (Å²) in [6.45, 7) is -0.304. The predicted octanol–water partition coefficient (Wildman–Crippen LogP) is 2.18. The molecule has 1 aromatic carbocycles. The van der Waals surface area contributed by atoms with Gasteiger partial charge in [-0.05, 0) is 18.4 Å². The van der Waals surface area contributed by atoms with Crippen LogP contribution >= 0.6 is 0 Å². The van der Waals surface area contributed by atoms with Crippen LogP contribution in [0.4, 0.5) is 13.2 Å². The SMILES string of the molecule is NC(CCCO)(c1ccccc1)C(F)(F)F. The summed E-state index contributed by atoms with van der Waals surface area (Å²) in [4.78, 5) is 0. The summed E-state index contributed by atoms with van der Waals surface area (Å²) in [5.74, 6) is 0. The Kier molecular flexibility index (Phi) is 3.93. The Morgan fingerprint density at radius 1 is 1.12 bits per heavy atom. The van der Waals surface area contributed by atoms with Gasteiger partial charge in [0.2, 0.25) is 0 Å². The molecule has 90 valence electrons. The third-order valence-electron chi connectivity index (χ3n) is 2.52. The lowest BCUT2D eigenvalue weighted by atomic mass is 9.86. The zero-order chi connectivity index (χ0) is 12.2. The molecule has 1 rings (SSSR count). The van der Waals surface area contributed by atoms with Crippen LogP contribution in [0.15, 0.2) is 30.3 Å². The normalized spacial score (nSPS) is 15.8. The van der Waals surface area contributed by atoms with Crippen molar-refractivity contribution in [2.24, 2.45) is 5.73 Å². The zero-order valence-electron chi connectivity index (χ0n) is 8.67. The third-order valence-corrected chi connectivity index (χ3v) is 2.52. The van der Waals surface area contributed by atoms with Crippen molar-refractivity contribution in [1.82, 2.24) is 0 Å². The van der Waals surface area contributed by atoms with Gasteiger partial charge in [0.1, 0.15) is 5.54 Å². The largest absolute Gasteiger partial charge is 0.410 e. The second-order valence-corrected chi connectivity index (χ2v) is 3.66. The summed E-state index contributed by atoms with van der Waals surface area (Å²) in [5, 5.41) is 8.62. The molecular weight excluding hydrogens is 219 g/mol. The van der Waals surface area contributed by atoms with E-state index >= 15 is 0 Å². The van der Waals surface area contributed by atoms with Gasteiger partial charge in [-0.3, -0.25) is 0 Å². The van der Waals surface area contributed by atoms with Crippen molar-refractivity contribution in [3.8, 4) is 0 Å². The van der Waals surface area contributed by atoms with E-state index in [1.165, 1.54) is 24.3 Å². The van der Waals surface area contributed by atoms with Crippen LogP contribution < -0.4 is 5.73 Å². The Labute approximate surface area is 91.9 Å². The molecule has 0 heterocycles. The van der Waals surface area contributed by atoms with E-state index in [1.807, 2.05) is 0 Å². The van der Waals surface area contributed by atoms with Crippen molar-refractivity contribution in [3.05, 3.63) is 35.9 Å². The maximum atomic E-state index is 12.9. The number of alkyl halides is 3. The molecule has 16 heavy (non-hydrogen) atoms. The molecule has 1 unspecified atom stereocenters. The highest BCUT2D eigenvalue weighted by molar-refractivity contribution is 5.25. The van der Waals surface area contributed by atoms with Gasteiger partial charge in [-0.15, -0.1) is 0 Å². The van der Waals surface area contributed by atoms with Gasteiger partial charge < -0.3 is 10.8 Å². The van der Waals surface area contributed by atoms with Crippen molar-refractivity contribution in [3.63, 3.8) is 0 Å². The second kappa shape index (κ2) is 4.84. The van der Waals surface area contributed by atoms with E-state index in [4.69, 9.17) is 10.8 Å². The van der Waals surface area contributed by atoms with Crippen LogP contribution in [0.2, 0.25) is 0 Å². The molecule has 0 saturated heterocycles. The van der Waals surface area contributed by atoms with Gasteiger partial charge in [0.15, 0.2) is 0 Å². The molecule has 2 nitrogen and oxygen atoms in total. The molecule has 0 amide bonds. The first kappa shape index (κ1) is 13.0. The first-order chi connectivity index (χ1) is 7.42. The Morgan fingerprint density at radius 2 is 1.69 bits per heavy atom. The van der Waals surface area contributed by atoms with Gasteiger partial charge >= 0.3 is 6.18 Å². The highest BCUT2D eigenvalue weighted by Crippen LogP contribution is 2.39. The molecule has 0 saturated carbocycles. The molecule has 0 fully saturated rings. The summed E-state index contributed by atoms with van der Waals surface area (Å²) in [7, 11) is 0. The fourth-order valence-electron chi connectivity index (χ4n) is 1.54. The highest BCUT2D eigenvalue weighted by Gasteiger charge is 2.52. The van der Waals surface area contributed by atoms with E-state index in [9.17, 15) is 13.2 Å².